The van der Waals surface area contributed by atoms with Crippen LogP contribution in [0.5, 0.6) is 0 Å². The van der Waals surface area contributed by atoms with Gasteiger partial charge < -0.3 is 5.32 Å². The minimum Gasteiger partial charge on any atom is -0.316 e. The molecule has 1 atom stereocenters. The Morgan fingerprint density at radius 3 is 2.67 bits per heavy atom. The predicted molar refractivity (Wildman–Crippen MR) is 75.5 cm³/mol. The van der Waals surface area contributed by atoms with Gasteiger partial charge in [0, 0.05) is 13.0 Å². The molecule has 0 fully saturated rings. The van der Waals surface area contributed by atoms with E-state index < -0.39 is 0 Å². The fourth-order valence-corrected chi connectivity index (χ4v) is 2.23. The van der Waals surface area contributed by atoms with E-state index in [1.54, 1.807) is 6.33 Å². The average molecular weight is 252 g/mol. The lowest BCUT2D eigenvalue weighted by Gasteiger charge is -2.17. The first-order chi connectivity index (χ1) is 8.67. The van der Waals surface area contributed by atoms with Gasteiger partial charge in [-0.2, -0.15) is 5.10 Å². The molecule has 0 amide bonds. The van der Waals surface area contributed by atoms with Gasteiger partial charge in [0.25, 0.3) is 0 Å². The van der Waals surface area contributed by atoms with Crippen LogP contribution in [0, 0.1) is 11.8 Å². The zero-order chi connectivity index (χ0) is 13.4. The quantitative estimate of drug-likeness (QED) is 0.734. The second-order valence-corrected chi connectivity index (χ2v) is 5.40. The van der Waals surface area contributed by atoms with Crippen LogP contribution in [0.15, 0.2) is 6.33 Å². The molecule has 0 aromatic carbocycles. The number of nitrogens with one attached hydrogen (secondary N) is 1. The lowest BCUT2D eigenvalue weighted by atomic mass is 9.99. The Kier molecular flexibility index (Phi) is 6.94. The zero-order valence-electron chi connectivity index (χ0n) is 12.3. The van der Waals surface area contributed by atoms with Gasteiger partial charge in [0.2, 0.25) is 0 Å². The third kappa shape index (κ3) is 5.17. The Morgan fingerprint density at radius 1 is 1.28 bits per heavy atom. The Labute approximate surface area is 111 Å². The van der Waals surface area contributed by atoms with E-state index in [2.05, 4.69) is 43.1 Å². The first-order valence-electron chi connectivity index (χ1n) is 7.24. The summed E-state index contributed by atoms with van der Waals surface area (Å²) >= 11 is 0. The largest absolute Gasteiger partial charge is 0.316 e. The molecule has 1 heterocycles. The molecule has 0 bridgehead atoms. The minimum absolute atomic E-state index is 0.670. The highest BCUT2D eigenvalue weighted by Crippen LogP contribution is 2.12. The second kappa shape index (κ2) is 8.25. The molecule has 0 aliphatic heterocycles. The summed E-state index contributed by atoms with van der Waals surface area (Å²) < 4.78 is 2.01. The van der Waals surface area contributed by atoms with Crippen LogP contribution in [0.2, 0.25) is 0 Å². The molecular formula is C14H28N4. The van der Waals surface area contributed by atoms with Crippen LogP contribution in [-0.4, -0.2) is 27.9 Å². The standard InChI is InChI=1S/C14H28N4/c1-5-7-13(10-15-9-12(3)4)8-14-16-11-17-18(14)6-2/h11-13,15H,5-10H2,1-4H3. The maximum Gasteiger partial charge on any atom is 0.138 e. The van der Waals surface area contributed by atoms with Crippen molar-refractivity contribution in [3.8, 4) is 0 Å². The molecule has 0 aliphatic rings. The third-order valence-electron chi connectivity index (χ3n) is 3.15. The van der Waals surface area contributed by atoms with Gasteiger partial charge in [0.1, 0.15) is 12.2 Å². The second-order valence-electron chi connectivity index (χ2n) is 5.40. The summed E-state index contributed by atoms with van der Waals surface area (Å²) in [7, 11) is 0. The SMILES string of the molecule is CCCC(CNCC(C)C)Cc1ncnn1CC. The molecular weight excluding hydrogens is 224 g/mol. The number of aromatic nitrogens is 3. The van der Waals surface area contributed by atoms with Gasteiger partial charge in [-0.05, 0) is 38.3 Å². The molecule has 1 N–H and O–H groups in total. The zero-order valence-corrected chi connectivity index (χ0v) is 12.3. The smallest absolute Gasteiger partial charge is 0.138 e. The summed E-state index contributed by atoms with van der Waals surface area (Å²) in [5, 5.41) is 7.80. The summed E-state index contributed by atoms with van der Waals surface area (Å²) in [5.74, 6) is 2.51. The van der Waals surface area contributed by atoms with E-state index in [1.165, 1.54) is 12.8 Å². The summed E-state index contributed by atoms with van der Waals surface area (Å²) in [4.78, 5) is 4.38. The molecule has 1 unspecified atom stereocenters. The van der Waals surface area contributed by atoms with E-state index in [0.29, 0.717) is 11.8 Å². The number of hydrogen-bond acceptors (Lipinski definition) is 3. The van der Waals surface area contributed by atoms with E-state index in [-0.39, 0.29) is 0 Å². The van der Waals surface area contributed by atoms with Gasteiger partial charge in [-0.1, -0.05) is 27.2 Å². The maximum absolute atomic E-state index is 4.38. The van der Waals surface area contributed by atoms with Crippen molar-refractivity contribution in [1.29, 1.82) is 0 Å². The monoisotopic (exact) mass is 252 g/mol. The Balaban J connectivity index is 2.46. The van der Waals surface area contributed by atoms with Gasteiger partial charge in [0.05, 0.1) is 0 Å². The number of rotatable bonds is 9. The van der Waals surface area contributed by atoms with Crippen molar-refractivity contribution in [3.05, 3.63) is 12.2 Å². The Bertz CT molecular complexity index is 319. The van der Waals surface area contributed by atoms with Crippen LogP contribution in [-0.2, 0) is 13.0 Å². The third-order valence-corrected chi connectivity index (χ3v) is 3.15. The van der Waals surface area contributed by atoms with Crippen LogP contribution >= 0.6 is 0 Å². The summed E-state index contributed by atoms with van der Waals surface area (Å²) in [6.45, 7) is 12.0. The topological polar surface area (TPSA) is 42.7 Å². The highest BCUT2D eigenvalue weighted by Gasteiger charge is 2.12. The first-order valence-corrected chi connectivity index (χ1v) is 7.24. The maximum atomic E-state index is 4.38. The van der Waals surface area contributed by atoms with Crippen LogP contribution < -0.4 is 5.32 Å². The molecule has 0 saturated carbocycles. The van der Waals surface area contributed by atoms with Crippen molar-refractivity contribution in [1.82, 2.24) is 20.1 Å². The van der Waals surface area contributed by atoms with Crippen molar-refractivity contribution < 1.29 is 0 Å². The van der Waals surface area contributed by atoms with Crippen LogP contribution in [0.25, 0.3) is 0 Å². The average Bonchev–Trinajstić information content (AvgIpc) is 2.76. The van der Waals surface area contributed by atoms with Crippen molar-refractivity contribution in [2.75, 3.05) is 13.1 Å². The lowest BCUT2D eigenvalue weighted by Crippen LogP contribution is -2.28. The normalized spacial score (nSPS) is 13.2. The highest BCUT2D eigenvalue weighted by atomic mass is 15.3. The Morgan fingerprint density at radius 2 is 2.06 bits per heavy atom. The number of nitrogens with zero attached hydrogens (tertiary/aromatic N) is 3. The van der Waals surface area contributed by atoms with Gasteiger partial charge in [-0.25, -0.2) is 4.98 Å². The van der Waals surface area contributed by atoms with Crippen LogP contribution in [0.1, 0.15) is 46.4 Å². The fourth-order valence-electron chi connectivity index (χ4n) is 2.23. The van der Waals surface area contributed by atoms with Crippen LogP contribution in [0.4, 0.5) is 0 Å². The predicted octanol–water partition coefficient (Wildman–Crippen LogP) is 2.50. The Hall–Kier alpha value is -0.900. The molecule has 4 heteroatoms. The van der Waals surface area contributed by atoms with Gasteiger partial charge >= 0.3 is 0 Å². The first kappa shape index (κ1) is 15.2. The summed E-state index contributed by atoms with van der Waals surface area (Å²) in [6, 6.07) is 0. The van der Waals surface area contributed by atoms with Gasteiger partial charge in [-0.3, -0.25) is 4.68 Å². The molecule has 104 valence electrons. The molecule has 0 radical (unpaired) electrons. The van der Waals surface area contributed by atoms with E-state index in [0.717, 1.165) is 31.9 Å². The number of hydrogen-bond donors (Lipinski definition) is 1. The van der Waals surface area contributed by atoms with Crippen molar-refractivity contribution in [2.24, 2.45) is 11.8 Å². The fraction of sp³-hybridized carbons (Fsp3) is 0.857. The molecule has 0 saturated heterocycles. The van der Waals surface area contributed by atoms with Gasteiger partial charge in [-0.15, -0.1) is 0 Å². The lowest BCUT2D eigenvalue weighted by molar-refractivity contribution is 0.406. The minimum atomic E-state index is 0.670. The van der Waals surface area contributed by atoms with Crippen molar-refractivity contribution in [3.63, 3.8) is 0 Å². The molecule has 1 aromatic heterocycles. The van der Waals surface area contributed by atoms with Gasteiger partial charge in [0.15, 0.2) is 0 Å². The summed E-state index contributed by atoms with van der Waals surface area (Å²) in [6.07, 6.45) is 5.19. The summed E-state index contributed by atoms with van der Waals surface area (Å²) in [5.41, 5.74) is 0. The van der Waals surface area contributed by atoms with E-state index in [4.69, 9.17) is 0 Å². The van der Waals surface area contributed by atoms with Crippen molar-refractivity contribution >= 4 is 0 Å². The van der Waals surface area contributed by atoms with E-state index >= 15 is 0 Å². The molecule has 0 spiro atoms. The van der Waals surface area contributed by atoms with Crippen LogP contribution in [0.3, 0.4) is 0 Å². The molecule has 1 aromatic rings. The van der Waals surface area contributed by atoms with Crippen molar-refractivity contribution in [2.45, 2.75) is 53.5 Å². The molecule has 1 rings (SSSR count). The van der Waals surface area contributed by atoms with E-state index in [1.807, 2.05) is 4.68 Å². The molecule has 4 nitrogen and oxygen atoms in total. The number of aryl methyl sites for hydroxylation is 1. The highest BCUT2D eigenvalue weighted by molar-refractivity contribution is 4.87. The van der Waals surface area contributed by atoms with E-state index in [9.17, 15) is 0 Å². The molecule has 0 aliphatic carbocycles. The molecule has 18 heavy (non-hydrogen) atoms.